The van der Waals surface area contributed by atoms with Crippen LogP contribution in [-0.4, -0.2) is 23.5 Å². The van der Waals surface area contributed by atoms with E-state index in [9.17, 15) is 9.59 Å². The van der Waals surface area contributed by atoms with Crippen molar-refractivity contribution in [1.29, 1.82) is 0 Å². The van der Waals surface area contributed by atoms with Gasteiger partial charge < -0.3 is 10.4 Å². The summed E-state index contributed by atoms with van der Waals surface area (Å²) in [5, 5.41) is 11.8. The molecule has 0 saturated carbocycles. The Labute approximate surface area is 125 Å². The van der Waals surface area contributed by atoms with Gasteiger partial charge in [-0.05, 0) is 36.6 Å². The fraction of sp³-hybridized carbons (Fsp3) is 0.385. The molecular weight excluding hydrogens is 334 g/mol. The minimum atomic E-state index is -0.850. The van der Waals surface area contributed by atoms with E-state index < -0.39 is 5.97 Å². The molecule has 1 aromatic rings. The number of carbonyl (C=O) groups is 2. The predicted octanol–water partition coefficient (Wildman–Crippen LogP) is 3.02. The first-order valence-electron chi connectivity index (χ1n) is 5.91. The molecule has 0 atom stereocenters. The lowest BCUT2D eigenvalue weighted by molar-refractivity contribution is -0.137. The molecule has 0 heterocycles. The Morgan fingerprint density at radius 1 is 1.32 bits per heavy atom. The molecule has 1 amide bonds. The molecule has 0 aliphatic heterocycles. The van der Waals surface area contributed by atoms with Crippen LogP contribution in [-0.2, 0) is 16.0 Å². The minimum absolute atomic E-state index is 0.0696. The van der Waals surface area contributed by atoms with Gasteiger partial charge in [0.1, 0.15) is 0 Å². The van der Waals surface area contributed by atoms with E-state index in [1.165, 1.54) is 0 Å². The summed E-state index contributed by atoms with van der Waals surface area (Å²) < 4.78 is 0.926. The highest BCUT2D eigenvalue weighted by Gasteiger charge is 2.06. The second-order valence-electron chi connectivity index (χ2n) is 4.08. The van der Waals surface area contributed by atoms with Crippen LogP contribution in [0.1, 0.15) is 24.8 Å². The monoisotopic (exact) mass is 347 g/mol. The van der Waals surface area contributed by atoms with Gasteiger partial charge in [-0.2, -0.15) is 0 Å². The summed E-state index contributed by atoms with van der Waals surface area (Å²) in [4.78, 5) is 21.8. The normalized spacial score (nSPS) is 10.2. The molecule has 19 heavy (non-hydrogen) atoms. The number of aryl methyl sites for hydroxylation is 1. The lowest BCUT2D eigenvalue weighted by atomic mass is 10.1. The first kappa shape index (κ1) is 16.0. The molecule has 0 aliphatic rings. The highest BCUT2D eigenvalue weighted by Crippen LogP contribution is 2.22. The molecule has 0 aromatic heterocycles. The number of hydrogen-bond donors (Lipinski definition) is 2. The van der Waals surface area contributed by atoms with E-state index in [4.69, 9.17) is 16.7 Å². The number of rotatable bonds is 7. The Balaban J connectivity index is 2.30. The molecule has 0 radical (unpaired) electrons. The van der Waals surface area contributed by atoms with Crippen molar-refractivity contribution in [2.45, 2.75) is 25.7 Å². The maximum Gasteiger partial charge on any atom is 0.303 e. The Morgan fingerprint density at radius 2 is 2.05 bits per heavy atom. The second-order valence-corrected chi connectivity index (χ2v) is 5.37. The highest BCUT2D eigenvalue weighted by atomic mass is 79.9. The molecule has 0 aliphatic carbocycles. The van der Waals surface area contributed by atoms with E-state index in [2.05, 4.69) is 21.2 Å². The topological polar surface area (TPSA) is 66.4 Å². The average molecular weight is 349 g/mol. The summed E-state index contributed by atoms with van der Waals surface area (Å²) in [5.74, 6) is -0.936. The van der Waals surface area contributed by atoms with Crippen molar-refractivity contribution in [2.24, 2.45) is 0 Å². The van der Waals surface area contributed by atoms with E-state index >= 15 is 0 Å². The third-order valence-corrected chi connectivity index (χ3v) is 3.53. The maximum atomic E-state index is 11.6. The molecular formula is C13H15BrClNO3. The van der Waals surface area contributed by atoms with E-state index in [1.54, 1.807) is 6.07 Å². The fourth-order valence-corrected chi connectivity index (χ4v) is 2.18. The summed E-state index contributed by atoms with van der Waals surface area (Å²) in [7, 11) is 0. The van der Waals surface area contributed by atoms with Crippen LogP contribution in [0.5, 0.6) is 0 Å². The lowest BCUT2D eigenvalue weighted by Crippen LogP contribution is -2.25. The first-order valence-corrected chi connectivity index (χ1v) is 7.08. The highest BCUT2D eigenvalue weighted by molar-refractivity contribution is 9.10. The molecule has 104 valence electrons. The zero-order chi connectivity index (χ0) is 14.3. The van der Waals surface area contributed by atoms with Gasteiger partial charge in [0.15, 0.2) is 0 Å². The van der Waals surface area contributed by atoms with Gasteiger partial charge in [-0.3, -0.25) is 9.59 Å². The van der Waals surface area contributed by atoms with E-state index in [1.807, 2.05) is 12.1 Å². The van der Waals surface area contributed by atoms with Gasteiger partial charge >= 0.3 is 5.97 Å². The van der Waals surface area contributed by atoms with Crippen LogP contribution in [0, 0.1) is 0 Å². The molecule has 4 nitrogen and oxygen atoms in total. The van der Waals surface area contributed by atoms with Gasteiger partial charge in [0, 0.05) is 28.9 Å². The standard InChI is InChI=1S/C13H15BrClNO3/c14-11-5-4-10(15)8-9(11)3-6-12(17)16-7-1-2-13(18)19/h4-5,8H,1-3,6-7H2,(H,16,17)(H,18,19). The van der Waals surface area contributed by atoms with Crippen LogP contribution >= 0.6 is 27.5 Å². The molecule has 0 saturated heterocycles. The second kappa shape index (κ2) is 8.17. The predicted molar refractivity (Wildman–Crippen MR) is 77.4 cm³/mol. The van der Waals surface area contributed by atoms with Gasteiger partial charge in [-0.1, -0.05) is 27.5 Å². The minimum Gasteiger partial charge on any atom is -0.481 e. The van der Waals surface area contributed by atoms with Crippen molar-refractivity contribution >= 4 is 39.4 Å². The average Bonchev–Trinajstić information content (AvgIpc) is 2.35. The molecule has 1 rings (SSSR count). The lowest BCUT2D eigenvalue weighted by Gasteiger charge is -2.06. The van der Waals surface area contributed by atoms with Gasteiger partial charge in [0.05, 0.1) is 0 Å². The molecule has 6 heteroatoms. The van der Waals surface area contributed by atoms with Crippen LogP contribution in [0.4, 0.5) is 0 Å². The van der Waals surface area contributed by atoms with E-state index in [0.717, 1.165) is 10.0 Å². The number of amides is 1. The number of nitrogens with one attached hydrogen (secondary N) is 1. The zero-order valence-electron chi connectivity index (χ0n) is 10.3. The van der Waals surface area contributed by atoms with Crippen LogP contribution in [0.3, 0.4) is 0 Å². The Bertz CT molecular complexity index is 465. The molecule has 2 N–H and O–H groups in total. The maximum absolute atomic E-state index is 11.6. The van der Waals surface area contributed by atoms with Crippen LogP contribution < -0.4 is 5.32 Å². The Kier molecular flexibility index (Phi) is 6.87. The summed E-state index contributed by atoms with van der Waals surface area (Å²) in [6, 6.07) is 5.45. The Hall–Kier alpha value is -1.07. The number of carboxylic acid groups (broad SMARTS) is 1. The number of aliphatic carboxylic acids is 1. The van der Waals surface area contributed by atoms with E-state index in [0.29, 0.717) is 30.8 Å². The van der Waals surface area contributed by atoms with Crippen LogP contribution in [0.15, 0.2) is 22.7 Å². The zero-order valence-corrected chi connectivity index (χ0v) is 12.6. The number of carboxylic acids is 1. The third-order valence-electron chi connectivity index (χ3n) is 2.52. The van der Waals surface area contributed by atoms with Gasteiger partial charge in [-0.15, -0.1) is 0 Å². The SMILES string of the molecule is O=C(O)CCCNC(=O)CCc1cc(Cl)ccc1Br. The summed E-state index contributed by atoms with van der Waals surface area (Å²) in [5.41, 5.74) is 0.980. The molecule has 0 fully saturated rings. The summed E-state index contributed by atoms with van der Waals surface area (Å²) >= 11 is 9.29. The third kappa shape index (κ3) is 6.59. The van der Waals surface area contributed by atoms with Crippen molar-refractivity contribution in [2.75, 3.05) is 6.54 Å². The van der Waals surface area contributed by atoms with Crippen molar-refractivity contribution in [1.82, 2.24) is 5.32 Å². The molecule has 0 spiro atoms. The van der Waals surface area contributed by atoms with Crippen molar-refractivity contribution in [3.05, 3.63) is 33.3 Å². The summed E-state index contributed by atoms with van der Waals surface area (Å²) in [6.45, 7) is 0.391. The Morgan fingerprint density at radius 3 is 2.74 bits per heavy atom. The van der Waals surface area contributed by atoms with Gasteiger partial charge in [-0.25, -0.2) is 0 Å². The van der Waals surface area contributed by atoms with Crippen LogP contribution in [0.25, 0.3) is 0 Å². The number of benzene rings is 1. The van der Waals surface area contributed by atoms with Gasteiger partial charge in [0.25, 0.3) is 0 Å². The van der Waals surface area contributed by atoms with Crippen molar-refractivity contribution < 1.29 is 14.7 Å². The number of carbonyl (C=O) groups excluding carboxylic acids is 1. The first-order chi connectivity index (χ1) is 8.99. The molecule has 0 bridgehead atoms. The van der Waals surface area contributed by atoms with Crippen molar-refractivity contribution in [3.63, 3.8) is 0 Å². The van der Waals surface area contributed by atoms with Crippen molar-refractivity contribution in [3.8, 4) is 0 Å². The number of halogens is 2. The number of hydrogen-bond acceptors (Lipinski definition) is 2. The largest absolute Gasteiger partial charge is 0.481 e. The van der Waals surface area contributed by atoms with Crippen LogP contribution in [0.2, 0.25) is 5.02 Å². The van der Waals surface area contributed by atoms with Gasteiger partial charge in [0.2, 0.25) is 5.91 Å². The smallest absolute Gasteiger partial charge is 0.303 e. The fourth-order valence-electron chi connectivity index (χ4n) is 1.54. The molecule has 0 unspecified atom stereocenters. The quantitative estimate of drug-likeness (QED) is 0.744. The summed E-state index contributed by atoms with van der Waals surface area (Å²) in [6.07, 6.45) is 1.46. The van der Waals surface area contributed by atoms with E-state index in [-0.39, 0.29) is 12.3 Å². The molecule has 1 aromatic carbocycles.